The molecule has 0 aromatic carbocycles. The fraction of sp³-hybridized carbons (Fsp3) is 0.750. The molecule has 1 spiro atoms. The van der Waals surface area contributed by atoms with Crippen LogP contribution in [0.25, 0.3) is 0 Å². The summed E-state index contributed by atoms with van der Waals surface area (Å²) >= 11 is 1.31. The van der Waals surface area contributed by atoms with Crippen LogP contribution in [0.2, 0.25) is 0 Å². The van der Waals surface area contributed by atoms with Crippen LogP contribution in [0.3, 0.4) is 0 Å². The van der Waals surface area contributed by atoms with Crippen molar-refractivity contribution in [3.8, 4) is 0 Å². The Morgan fingerprint density at radius 1 is 1.26 bits per heavy atom. The Morgan fingerprint density at radius 2 is 2.04 bits per heavy atom. The molecule has 0 bridgehead atoms. The highest BCUT2D eigenvalue weighted by atomic mass is 32.1. The third-order valence-corrected chi connectivity index (χ3v) is 7.57. The number of nitrogens with two attached hydrogens (primary N) is 1. The van der Waals surface area contributed by atoms with Gasteiger partial charge in [-0.1, -0.05) is 31.1 Å². The van der Waals surface area contributed by atoms with Crippen molar-refractivity contribution >= 4 is 28.3 Å². The summed E-state index contributed by atoms with van der Waals surface area (Å²) in [6.07, 6.45) is 9.13. The van der Waals surface area contributed by atoms with E-state index in [1.165, 1.54) is 24.2 Å². The molecule has 1 aromatic heterocycles. The quantitative estimate of drug-likeness (QED) is 0.860. The van der Waals surface area contributed by atoms with E-state index in [1.807, 2.05) is 11.8 Å². The highest BCUT2D eigenvalue weighted by molar-refractivity contribution is 7.17. The summed E-state index contributed by atoms with van der Waals surface area (Å²) in [6, 6.07) is 0.425. The second kappa shape index (κ2) is 7.41. The number of nitrogen functional groups attached to an aromatic ring is 1. The van der Waals surface area contributed by atoms with E-state index in [2.05, 4.69) is 9.88 Å². The minimum Gasteiger partial charge on any atom is -0.375 e. The zero-order valence-corrected chi connectivity index (χ0v) is 17.0. The first kappa shape index (κ1) is 18.7. The van der Waals surface area contributed by atoms with E-state index in [9.17, 15) is 9.59 Å². The molecule has 3 fully saturated rings. The Hall–Kier alpha value is -1.63. The van der Waals surface area contributed by atoms with Crippen LogP contribution in [-0.2, 0) is 11.2 Å². The normalized spacial score (nSPS) is 26.9. The molecule has 2 saturated heterocycles. The summed E-state index contributed by atoms with van der Waals surface area (Å²) in [5, 5.41) is 0.470. The molecule has 1 atom stereocenters. The number of rotatable bonds is 3. The largest absolute Gasteiger partial charge is 0.375 e. The predicted molar refractivity (Wildman–Crippen MR) is 107 cm³/mol. The SMILES string of the molecule is CCc1nc(N)sc1C(=O)N1CCCC2(CCC(=O)N(C3CCCC3)C2)C1. The van der Waals surface area contributed by atoms with Crippen LogP contribution in [0.1, 0.15) is 73.7 Å². The van der Waals surface area contributed by atoms with Crippen LogP contribution in [0.5, 0.6) is 0 Å². The molecule has 2 N–H and O–H groups in total. The Kier molecular flexibility index (Phi) is 5.14. The molecule has 6 nitrogen and oxygen atoms in total. The van der Waals surface area contributed by atoms with Crippen molar-refractivity contribution in [2.45, 2.75) is 70.8 Å². The van der Waals surface area contributed by atoms with Gasteiger partial charge in [0.05, 0.1) is 5.69 Å². The zero-order valence-electron chi connectivity index (χ0n) is 16.2. The molecule has 148 valence electrons. The Morgan fingerprint density at radius 3 is 2.78 bits per heavy atom. The number of thiazole rings is 1. The molecule has 1 aliphatic carbocycles. The zero-order chi connectivity index (χ0) is 19.0. The van der Waals surface area contributed by atoms with Crippen molar-refractivity contribution in [3.63, 3.8) is 0 Å². The fourth-order valence-corrected chi connectivity index (χ4v) is 6.12. The van der Waals surface area contributed by atoms with E-state index in [1.54, 1.807) is 0 Å². The molecular weight excluding hydrogens is 360 g/mol. The number of aryl methyl sites for hydroxylation is 1. The highest BCUT2D eigenvalue weighted by Gasteiger charge is 2.45. The number of likely N-dealkylation sites (tertiary alicyclic amines) is 2. The van der Waals surface area contributed by atoms with Gasteiger partial charge >= 0.3 is 0 Å². The van der Waals surface area contributed by atoms with Gasteiger partial charge in [0.1, 0.15) is 4.88 Å². The Labute approximate surface area is 165 Å². The smallest absolute Gasteiger partial charge is 0.265 e. The summed E-state index contributed by atoms with van der Waals surface area (Å²) in [7, 11) is 0. The molecule has 2 amide bonds. The average Bonchev–Trinajstić information content (AvgIpc) is 3.33. The summed E-state index contributed by atoms with van der Waals surface area (Å²) < 4.78 is 0. The van der Waals surface area contributed by atoms with Gasteiger partial charge in [0.25, 0.3) is 5.91 Å². The van der Waals surface area contributed by atoms with Crippen molar-refractivity contribution in [3.05, 3.63) is 10.6 Å². The molecule has 1 aromatic rings. The lowest BCUT2D eigenvalue weighted by atomic mass is 9.73. The van der Waals surface area contributed by atoms with Crippen molar-refractivity contribution in [2.24, 2.45) is 5.41 Å². The number of hydrogen-bond donors (Lipinski definition) is 1. The van der Waals surface area contributed by atoms with E-state index in [0.717, 1.165) is 63.9 Å². The molecule has 4 rings (SSSR count). The van der Waals surface area contributed by atoms with Crippen molar-refractivity contribution in [2.75, 3.05) is 25.4 Å². The molecule has 0 radical (unpaired) electrons. The standard InChI is InChI=1S/C20H30N4O2S/c1-2-15-17(27-19(21)22-15)18(26)23-11-5-9-20(12-23)10-8-16(25)24(13-20)14-6-3-4-7-14/h14H,2-13H2,1H3,(H2,21,22). The lowest BCUT2D eigenvalue weighted by molar-refractivity contribution is -0.142. The molecule has 3 heterocycles. The van der Waals surface area contributed by atoms with Gasteiger partial charge in [-0.25, -0.2) is 4.98 Å². The maximum atomic E-state index is 13.2. The van der Waals surface area contributed by atoms with Gasteiger partial charge in [0.15, 0.2) is 5.13 Å². The monoisotopic (exact) mass is 390 g/mol. The highest BCUT2D eigenvalue weighted by Crippen LogP contribution is 2.41. The van der Waals surface area contributed by atoms with Gasteiger partial charge in [-0.3, -0.25) is 9.59 Å². The first-order chi connectivity index (χ1) is 13.0. The van der Waals surface area contributed by atoms with Crippen LogP contribution in [0.15, 0.2) is 0 Å². The maximum absolute atomic E-state index is 13.2. The summed E-state index contributed by atoms with van der Waals surface area (Å²) in [5.41, 5.74) is 6.73. The number of nitrogens with zero attached hydrogens (tertiary/aromatic N) is 3. The van der Waals surface area contributed by atoms with Gasteiger partial charge < -0.3 is 15.5 Å². The molecule has 1 saturated carbocycles. The van der Waals surface area contributed by atoms with Crippen LogP contribution in [0, 0.1) is 5.41 Å². The third kappa shape index (κ3) is 3.58. The van der Waals surface area contributed by atoms with Gasteiger partial charge in [0.2, 0.25) is 5.91 Å². The second-order valence-electron chi connectivity index (χ2n) is 8.47. The number of anilines is 1. The summed E-state index contributed by atoms with van der Waals surface area (Å²) in [4.78, 5) is 34.9. The summed E-state index contributed by atoms with van der Waals surface area (Å²) in [5.74, 6) is 0.393. The molecule has 7 heteroatoms. The maximum Gasteiger partial charge on any atom is 0.265 e. The van der Waals surface area contributed by atoms with Gasteiger partial charge in [-0.15, -0.1) is 0 Å². The first-order valence-corrected chi connectivity index (χ1v) is 11.2. The number of carbonyl (C=O) groups excluding carboxylic acids is 2. The van der Waals surface area contributed by atoms with Crippen LogP contribution >= 0.6 is 11.3 Å². The molecule has 2 aliphatic heterocycles. The average molecular weight is 391 g/mol. The lowest BCUT2D eigenvalue weighted by Gasteiger charge is -2.49. The molecule has 1 unspecified atom stereocenters. The van der Waals surface area contributed by atoms with E-state index < -0.39 is 0 Å². The summed E-state index contributed by atoms with van der Waals surface area (Å²) in [6.45, 7) is 4.38. The van der Waals surface area contributed by atoms with Crippen LogP contribution in [-0.4, -0.2) is 52.3 Å². The molecule has 3 aliphatic rings. The van der Waals surface area contributed by atoms with E-state index >= 15 is 0 Å². The minimum absolute atomic E-state index is 0.0625. The second-order valence-corrected chi connectivity index (χ2v) is 9.50. The predicted octanol–water partition coefficient (Wildman–Crippen LogP) is 3.08. The Balaban J connectivity index is 1.51. The number of hydrogen-bond acceptors (Lipinski definition) is 5. The van der Waals surface area contributed by atoms with Crippen molar-refractivity contribution < 1.29 is 9.59 Å². The molecular formula is C20H30N4O2S. The lowest BCUT2D eigenvalue weighted by Crippen LogP contribution is -2.56. The molecule has 27 heavy (non-hydrogen) atoms. The van der Waals surface area contributed by atoms with Crippen molar-refractivity contribution in [1.82, 2.24) is 14.8 Å². The third-order valence-electron chi connectivity index (χ3n) is 6.65. The van der Waals surface area contributed by atoms with Crippen LogP contribution in [0.4, 0.5) is 5.13 Å². The van der Waals surface area contributed by atoms with E-state index in [-0.39, 0.29) is 11.3 Å². The number of aromatic nitrogens is 1. The number of amides is 2. The van der Waals surface area contributed by atoms with Crippen molar-refractivity contribution in [1.29, 1.82) is 0 Å². The first-order valence-electron chi connectivity index (χ1n) is 10.4. The Bertz CT molecular complexity index is 728. The van der Waals surface area contributed by atoms with Gasteiger partial charge in [0, 0.05) is 37.5 Å². The van der Waals surface area contributed by atoms with E-state index in [4.69, 9.17) is 5.73 Å². The number of carbonyl (C=O) groups is 2. The van der Waals surface area contributed by atoms with Gasteiger partial charge in [-0.2, -0.15) is 0 Å². The van der Waals surface area contributed by atoms with Gasteiger partial charge in [-0.05, 0) is 38.5 Å². The topological polar surface area (TPSA) is 79.5 Å². The van der Waals surface area contributed by atoms with Crippen LogP contribution < -0.4 is 5.73 Å². The number of piperidine rings is 2. The van der Waals surface area contributed by atoms with E-state index in [0.29, 0.717) is 28.4 Å². The minimum atomic E-state index is 0.0625. The fourth-order valence-electron chi connectivity index (χ4n) is 5.23.